The maximum absolute atomic E-state index is 10.7. The SMILES string of the molecule is O=C(Cl)[N+]1([O-])CNN=N1. The summed E-state index contributed by atoms with van der Waals surface area (Å²) in [4.78, 5) is 10.2. The van der Waals surface area contributed by atoms with Crippen molar-refractivity contribution in [3.63, 3.8) is 0 Å². The summed E-state index contributed by atoms with van der Waals surface area (Å²) >= 11 is 4.85. The first-order chi connectivity index (χ1) is 4.15. The van der Waals surface area contributed by atoms with Crippen molar-refractivity contribution in [2.75, 3.05) is 6.67 Å². The van der Waals surface area contributed by atoms with Crippen LogP contribution in [0.1, 0.15) is 0 Å². The third-order valence-corrected chi connectivity index (χ3v) is 1.08. The molecule has 9 heavy (non-hydrogen) atoms. The predicted molar refractivity (Wildman–Crippen MR) is 27.7 cm³/mol. The molecule has 1 N–H and O–H groups in total. The van der Waals surface area contributed by atoms with Crippen LogP contribution in [0.15, 0.2) is 10.4 Å². The zero-order valence-corrected chi connectivity index (χ0v) is 5.00. The smallest absolute Gasteiger partial charge is 0.441 e. The van der Waals surface area contributed by atoms with E-state index in [1.165, 1.54) is 0 Å². The van der Waals surface area contributed by atoms with Gasteiger partial charge in [-0.25, -0.2) is 10.2 Å². The first kappa shape index (κ1) is 6.40. The number of rotatable bonds is 0. The van der Waals surface area contributed by atoms with Crippen molar-refractivity contribution >= 4 is 17.0 Å². The molecule has 0 spiro atoms. The molecule has 6 nitrogen and oxygen atoms in total. The number of hydrogen-bond donors (Lipinski definition) is 1. The molecule has 0 aromatic heterocycles. The summed E-state index contributed by atoms with van der Waals surface area (Å²) in [7, 11) is 0. The summed E-state index contributed by atoms with van der Waals surface area (Å²) in [6.45, 7) is -0.220. The highest BCUT2D eigenvalue weighted by molar-refractivity contribution is 6.60. The fourth-order valence-corrected chi connectivity index (χ4v) is 0.454. The Labute approximate surface area is 55.2 Å². The molecule has 1 aliphatic rings. The van der Waals surface area contributed by atoms with Crippen LogP contribution in [-0.4, -0.2) is 16.8 Å². The van der Waals surface area contributed by atoms with Crippen molar-refractivity contribution < 1.29 is 9.55 Å². The van der Waals surface area contributed by atoms with Crippen LogP contribution in [0.5, 0.6) is 0 Å². The molecule has 0 aromatic carbocycles. The van der Waals surface area contributed by atoms with Crippen LogP contribution in [-0.2, 0) is 0 Å². The molecule has 1 aliphatic heterocycles. The first-order valence-electron chi connectivity index (χ1n) is 2.09. The Kier molecular flexibility index (Phi) is 1.35. The zero-order valence-electron chi connectivity index (χ0n) is 4.24. The lowest BCUT2D eigenvalue weighted by Gasteiger charge is -2.21. The van der Waals surface area contributed by atoms with Crippen molar-refractivity contribution in [3.05, 3.63) is 5.21 Å². The maximum Gasteiger partial charge on any atom is 0.441 e. The number of hydroxylamine groups is 2. The fourth-order valence-electron chi connectivity index (χ4n) is 0.360. The Morgan fingerprint density at radius 1 is 1.89 bits per heavy atom. The number of carbonyl (C=O) groups is 1. The van der Waals surface area contributed by atoms with Gasteiger partial charge in [0.1, 0.15) is 0 Å². The molecule has 50 valence electrons. The standard InChI is InChI=1S/C2H3ClN4O2/c3-2(8)7(9)1-4-5-6-7/h1H2,(H,4,6). The van der Waals surface area contributed by atoms with Crippen LogP contribution in [0.3, 0.4) is 0 Å². The van der Waals surface area contributed by atoms with Crippen LogP contribution >= 0.6 is 11.6 Å². The third kappa shape index (κ3) is 0.995. The van der Waals surface area contributed by atoms with Crippen molar-refractivity contribution in [3.8, 4) is 0 Å². The molecule has 1 amide bonds. The van der Waals surface area contributed by atoms with Crippen molar-refractivity contribution in [2.24, 2.45) is 10.4 Å². The highest BCUT2D eigenvalue weighted by Crippen LogP contribution is 2.12. The number of nitrogens with one attached hydrogen (secondary N) is 1. The lowest BCUT2D eigenvalue weighted by molar-refractivity contribution is -0.796. The van der Waals surface area contributed by atoms with E-state index < -0.39 is 10.1 Å². The molecule has 0 radical (unpaired) electrons. The van der Waals surface area contributed by atoms with Gasteiger partial charge < -0.3 is 5.21 Å². The fraction of sp³-hybridized carbons (Fsp3) is 0.500. The molecule has 1 unspecified atom stereocenters. The monoisotopic (exact) mass is 150 g/mol. The lowest BCUT2D eigenvalue weighted by Crippen LogP contribution is -2.39. The van der Waals surface area contributed by atoms with Gasteiger partial charge in [-0.3, -0.25) is 0 Å². The first-order valence-corrected chi connectivity index (χ1v) is 2.47. The Balaban J connectivity index is 2.74. The minimum atomic E-state index is -1.47. The van der Waals surface area contributed by atoms with Crippen LogP contribution in [0.2, 0.25) is 0 Å². The van der Waals surface area contributed by atoms with Gasteiger partial charge in [0.15, 0.2) is 0 Å². The van der Waals surface area contributed by atoms with Gasteiger partial charge >= 0.3 is 5.37 Å². The highest BCUT2D eigenvalue weighted by Gasteiger charge is 2.29. The Hall–Kier alpha value is -0.720. The number of halogens is 1. The van der Waals surface area contributed by atoms with Crippen molar-refractivity contribution in [1.29, 1.82) is 0 Å². The second-order valence-corrected chi connectivity index (χ2v) is 1.78. The van der Waals surface area contributed by atoms with E-state index in [4.69, 9.17) is 11.6 Å². The Morgan fingerprint density at radius 3 is 2.78 bits per heavy atom. The molecule has 0 aliphatic carbocycles. The molecule has 0 saturated carbocycles. The van der Waals surface area contributed by atoms with Gasteiger partial charge in [-0.2, -0.15) is 0 Å². The Bertz CT molecular complexity index is 170. The minimum absolute atomic E-state index is 0.220. The van der Waals surface area contributed by atoms with Crippen LogP contribution in [0, 0.1) is 5.21 Å². The summed E-state index contributed by atoms with van der Waals surface area (Å²) in [5.74, 6) is 0. The molecule has 0 bridgehead atoms. The zero-order chi connectivity index (χ0) is 6.91. The normalized spacial score (nSPS) is 32.2. The van der Waals surface area contributed by atoms with E-state index in [0.29, 0.717) is 0 Å². The second-order valence-electron chi connectivity index (χ2n) is 1.46. The third-order valence-electron chi connectivity index (χ3n) is 0.820. The predicted octanol–water partition coefficient (Wildman–Crippen LogP) is 0.503. The highest BCUT2D eigenvalue weighted by atomic mass is 35.5. The van der Waals surface area contributed by atoms with Gasteiger partial charge in [0.25, 0.3) is 0 Å². The largest absolute Gasteiger partial charge is 0.593 e. The van der Waals surface area contributed by atoms with E-state index in [-0.39, 0.29) is 6.67 Å². The molecule has 0 fully saturated rings. The quantitative estimate of drug-likeness (QED) is 0.236. The van der Waals surface area contributed by atoms with Gasteiger partial charge in [0, 0.05) is 11.6 Å². The Morgan fingerprint density at radius 2 is 2.56 bits per heavy atom. The van der Waals surface area contributed by atoms with Gasteiger partial charge in [0.05, 0.1) is 5.22 Å². The van der Waals surface area contributed by atoms with Gasteiger partial charge in [0.2, 0.25) is 6.67 Å². The topological polar surface area (TPSA) is 76.9 Å². The van der Waals surface area contributed by atoms with E-state index >= 15 is 0 Å². The summed E-state index contributed by atoms with van der Waals surface area (Å²) in [5.41, 5.74) is 2.21. The molecular weight excluding hydrogens is 148 g/mol. The molecule has 7 heteroatoms. The van der Waals surface area contributed by atoms with Crippen LogP contribution in [0.4, 0.5) is 4.79 Å². The average Bonchev–Trinajstić information content (AvgIpc) is 2.16. The lowest BCUT2D eigenvalue weighted by atomic mass is 11.0. The molecule has 1 heterocycles. The number of amides is 1. The number of hydrogen-bond acceptors (Lipinski definition) is 5. The molecule has 1 rings (SSSR count). The summed E-state index contributed by atoms with van der Waals surface area (Å²) in [6.07, 6.45) is 0. The minimum Gasteiger partial charge on any atom is -0.593 e. The summed E-state index contributed by atoms with van der Waals surface area (Å²) in [5, 5.41) is 15.7. The molecule has 0 saturated heterocycles. The van der Waals surface area contributed by atoms with E-state index in [2.05, 4.69) is 15.9 Å². The van der Waals surface area contributed by atoms with Crippen molar-refractivity contribution in [1.82, 2.24) is 5.43 Å². The molecular formula is C2H3ClN4O2. The maximum atomic E-state index is 10.7. The van der Waals surface area contributed by atoms with Crippen molar-refractivity contribution in [2.45, 2.75) is 0 Å². The second kappa shape index (κ2) is 1.90. The van der Waals surface area contributed by atoms with E-state index in [1.807, 2.05) is 0 Å². The van der Waals surface area contributed by atoms with E-state index in [1.54, 1.807) is 0 Å². The summed E-state index contributed by atoms with van der Waals surface area (Å²) < 4.78 is -1.47. The van der Waals surface area contributed by atoms with Gasteiger partial charge in [-0.1, -0.05) is 0 Å². The van der Waals surface area contributed by atoms with Gasteiger partial charge in [-0.05, 0) is 5.22 Å². The number of quaternary nitrogens is 1. The summed E-state index contributed by atoms with van der Waals surface area (Å²) in [6, 6.07) is 0. The number of carbonyl (C=O) groups excluding carboxylic acids is 1. The van der Waals surface area contributed by atoms with Crippen LogP contribution < -0.4 is 5.43 Å². The van der Waals surface area contributed by atoms with E-state index in [9.17, 15) is 10.0 Å². The van der Waals surface area contributed by atoms with E-state index in [0.717, 1.165) is 0 Å². The molecule has 0 aromatic rings. The average molecular weight is 151 g/mol. The van der Waals surface area contributed by atoms with Crippen LogP contribution in [0.25, 0.3) is 0 Å². The number of nitrogens with zero attached hydrogens (tertiary/aromatic N) is 3. The molecule has 1 atom stereocenters. The van der Waals surface area contributed by atoms with Gasteiger partial charge in [-0.15, -0.1) is 4.76 Å².